The summed E-state index contributed by atoms with van der Waals surface area (Å²) >= 11 is 0. The highest BCUT2D eigenvalue weighted by Gasteiger charge is 2.16. The molecule has 3 aromatic rings. The summed E-state index contributed by atoms with van der Waals surface area (Å²) in [6.45, 7) is -0.0747. The van der Waals surface area contributed by atoms with Gasteiger partial charge < -0.3 is 14.5 Å². The van der Waals surface area contributed by atoms with Crippen LogP contribution in [0.3, 0.4) is 0 Å². The van der Waals surface area contributed by atoms with Crippen LogP contribution in [0.2, 0.25) is 0 Å². The molecule has 0 saturated heterocycles. The molecule has 0 bridgehead atoms. The van der Waals surface area contributed by atoms with Crippen molar-refractivity contribution in [2.45, 2.75) is 6.61 Å². The number of furan rings is 1. The maximum atomic E-state index is 12.9. The molecule has 0 fully saturated rings. The Hall–Kier alpha value is -3.68. The van der Waals surface area contributed by atoms with E-state index in [1.54, 1.807) is 6.07 Å². The maximum Gasteiger partial charge on any atom is 0.310 e. The van der Waals surface area contributed by atoms with E-state index in [1.165, 1.54) is 54.6 Å². The molecule has 26 heavy (non-hydrogen) atoms. The third-order valence-electron chi connectivity index (χ3n) is 3.42. The lowest BCUT2D eigenvalue weighted by molar-refractivity contribution is -0.386. The Morgan fingerprint density at radius 1 is 1.12 bits per heavy atom. The predicted octanol–water partition coefficient (Wildman–Crippen LogP) is 4.16. The Labute approximate surface area is 147 Å². The monoisotopic (exact) mass is 356 g/mol. The normalized spacial score (nSPS) is 10.3. The Balaban J connectivity index is 1.64. The van der Waals surface area contributed by atoms with Crippen LogP contribution in [0.1, 0.15) is 16.3 Å². The number of hydrogen-bond donors (Lipinski definition) is 1. The van der Waals surface area contributed by atoms with E-state index in [0.29, 0.717) is 11.4 Å². The summed E-state index contributed by atoms with van der Waals surface area (Å²) in [6.07, 6.45) is 0. The zero-order chi connectivity index (χ0) is 18.5. The number of carbonyl (C=O) groups is 1. The second-order valence-electron chi connectivity index (χ2n) is 5.24. The van der Waals surface area contributed by atoms with Crippen LogP contribution in [-0.4, -0.2) is 10.8 Å². The molecule has 1 heterocycles. The van der Waals surface area contributed by atoms with Crippen molar-refractivity contribution in [3.8, 4) is 5.75 Å². The molecule has 0 aliphatic heterocycles. The molecule has 2 aromatic carbocycles. The number of benzene rings is 2. The zero-order valence-electron chi connectivity index (χ0n) is 13.3. The lowest BCUT2D eigenvalue weighted by Gasteiger charge is -2.05. The van der Waals surface area contributed by atoms with E-state index in [0.717, 1.165) is 0 Å². The number of ether oxygens (including phenoxy) is 1. The van der Waals surface area contributed by atoms with E-state index >= 15 is 0 Å². The summed E-state index contributed by atoms with van der Waals surface area (Å²) in [5.41, 5.74) is 0.263. The van der Waals surface area contributed by atoms with Gasteiger partial charge in [0, 0.05) is 11.8 Å². The number of nitrogens with zero attached hydrogens (tertiary/aromatic N) is 1. The summed E-state index contributed by atoms with van der Waals surface area (Å²) in [4.78, 5) is 22.5. The highest BCUT2D eigenvalue weighted by molar-refractivity contribution is 6.02. The molecule has 0 radical (unpaired) electrons. The first-order valence-corrected chi connectivity index (χ1v) is 7.55. The quantitative estimate of drug-likeness (QED) is 0.529. The van der Waals surface area contributed by atoms with Gasteiger partial charge in [-0.2, -0.15) is 0 Å². The first-order chi connectivity index (χ1) is 12.5. The highest BCUT2D eigenvalue weighted by Crippen LogP contribution is 2.26. The summed E-state index contributed by atoms with van der Waals surface area (Å²) in [5.74, 6) is -0.446. The second-order valence-corrected chi connectivity index (χ2v) is 5.24. The maximum absolute atomic E-state index is 12.9. The van der Waals surface area contributed by atoms with Gasteiger partial charge in [-0.05, 0) is 42.5 Å². The van der Waals surface area contributed by atoms with Crippen LogP contribution in [0.5, 0.6) is 5.75 Å². The van der Waals surface area contributed by atoms with E-state index in [-0.39, 0.29) is 23.8 Å². The van der Waals surface area contributed by atoms with Crippen LogP contribution < -0.4 is 10.1 Å². The Bertz CT molecular complexity index is 937. The molecule has 0 aliphatic rings. The van der Waals surface area contributed by atoms with Crippen molar-refractivity contribution >= 4 is 17.3 Å². The van der Waals surface area contributed by atoms with Crippen LogP contribution in [-0.2, 0) is 6.61 Å². The first kappa shape index (κ1) is 17.2. The second kappa shape index (κ2) is 7.47. The molecule has 0 saturated carbocycles. The number of para-hydroxylation sites is 2. The molecule has 8 heteroatoms. The zero-order valence-corrected chi connectivity index (χ0v) is 13.3. The SMILES string of the molecule is O=C(Nc1ccc(F)cc1)c1ccc(COc2ccccc2[N+](=O)[O-])o1. The number of nitro groups is 1. The topological polar surface area (TPSA) is 94.6 Å². The summed E-state index contributed by atoms with van der Waals surface area (Å²) in [5, 5.41) is 13.5. The third-order valence-corrected chi connectivity index (χ3v) is 3.42. The van der Waals surface area contributed by atoms with Crippen LogP contribution in [0.4, 0.5) is 15.8 Å². The first-order valence-electron chi connectivity index (χ1n) is 7.55. The molecule has 0 atom stereocenters. The van der Waals surface area contributed by atoms with Gasteiger partial charge in [0.1, 0.15) is 18.2 Å². The number of rotatable bonds is 6. The van der Waals surface area contributed by atoms with Gasteiger partial charge >= 0.3 is 5.69 Å². The Morgan fingerprint density at radius 3 is 2.58 bits per heavy atom. The van der Waals surface area contributed by atoms with Crippen molar-refractivity contribution in [3.05, 3.63) is 88.1 Å². The van der Waals surface area contributed by atoms with Crippen molar-refractivity contribution in [2.24, 2.45) is 0 Å². The van der Waals surface area contributed by atoms with Gasteiger partial charge in [0.05, 0.1) is 4.92 Å². The number of nitro benzene ring substituents is 1. The number of amides is 1. The summed E-state index contributed by atoms with van der Waals surface area (Å²) < 4.78 is 23.6. The van der Waals surface area contributed by atoms with Crippen molar-refractivity contribution in [1.29, 1.82) is 0 Å². The van der Waals surface area contributed by atoms with Gasteiger partial charge in [-0.3, -0.25) is 14.9 Å². The van der Waals surface area contributed by atoms with Crippen LogP contribution in [0.15, 0.2) is 65.1 Å². The molecule has 1 amide bonds. The summed E-state index contributed by atoms with van der Waals surface area (Å²) in [6, 6.07) is 14.3. The Morgan fingerprint density at radius 2 is 1.85 bits per heavy atom. The minimum Gasteiger partial charge on any atom is -0.479 e. The number of hydrogen-bond acceptors (Lipinski definition) is 5. The fourth-order valence-electron chi connectivity index (χ4n) is 2.18. The van der Waals surface area contributed by atoms with Crippen molar-refractivity contribution in [2.75, 3.05) is 5.32 Å². The van der Waals surface area contributed by atoms with E-state index in [4.69, 9.17) is 9.15 Å². The van der Waals surface area contributed by atoms with Crippen LogP contribution in [0, 0.1) is 15.9 Å². The molecule has 1 aromatic heterocycles. The fraction of sp³-hybridized carbons (Fsp3) is 0.0556. The van der Waals surface area contributed by atoms with E-state index < -0.39 is 16.6 Å². The molecular formula is C18H13FN2O5. The molecule has 1 N–H and O–H groups in total. The van der Waals surface area contributed by atoms with Gasteiger partial charge in [0.25, 0.3) is 5.91 Å². The van der Waals surface area contributed by atoms with Gasteiger partial charge in [0.2, 0.25) is 0 Å². The average Bonchev–Trinajstić information content (AvgIpc) is 3.11. The number of carbonyl (C=O) groups excluding carboxylic acids is 1. The molecular weight excluding hydrogens is 343 g/mol. The van der Waals surface area contributed by atoms with Crippen LogP contribution >= 0.6 is 0 Å². The molecule has 0 unspecified atom stereocenters. The molecule has 132 valence electrons. The average molecular weight is 356 g/mol. The predicted molar refractivity (Wildman–Crippen MR) is 90.5 cm³/mol. The Kier molecular flexibility index (Phi) is 4.93. The van der Waals surface area contributed by atoms with Gasteiger partial charge in [-0.1, -0.05) is 12.1 Å². The lowest BCUT2D eigenvalue weighted by atomic mass is 10.3. The minimum absolute atomic E-state index is 0.0375. The van der Waals surface area contributed by atoms with Gasteiger partial charge in [-0.25, -0.2) is 4.39 Å². The molecule has 7 nitrogen and oxygen atoms in total. The van der Waals surface area contributed by atoms with E-state index in [2.05, 4.69) is 5.32 Å². The largest absolute Gasteiger partial charge is 0.479 e. The van der Waals surface area contributed by atoms with Gasteiger partial charge in [-0.15, -0.1) is 0 Å². The van der Waals surface area contributed by atoms with Crippen LogP contribution in [0.25, 0.3) is 0 Å². The van der Waals surface area contributed by atoms with E-state index in [1.807, 2.05) is 0 Å². The standard InChI is InChI=1S/C18H13FN2O5/c19-12-5-7-13(8-6-12)20-18(22)17-10-9-14(26-17)11-25-16-4-2-1-3-15(16)21(23)24/h1-10H,11H2,(H,20,22). The molecule has 0 aliphatic carbocycles. The lowest BCUT2D eigenvalue weighted by Crippen LogP contribution is -2.10. The van der Waals surface area contributed by atoms with Crippen molar-refractivity contribution in [3.63, 3.8) is 0 Å². The smallest absolute Gasteiger partial charge is 0.310 e. The number of anilines is 1. The molecule has 0 spiro atoms. The minimum atomic E-state index is -0.543. The van der Waals surface area contributed by atoms with Gasteiger partial charge in [0.15, 0.2) is 11.5 Å². The highest BCUT2D eigenvalue weighted by atomic mass is 19.1. The number of nitrogens with one attached hydrogen (secondary N) is 1. The fourth-order valence-corrected chi connectivity index (χ4v) is 2.18. The summed E-state index contributed by atoms with van der Waals surface area (Å²) in [7, 11) is 0. The molecule has 3 rings (SSSR count). The van der Waals surface area contributed by atoms with Crippen molar-refractivity contribution < 1.29 is 23.3 Å². The van der Waals surface area contributed by atoms with E-state index in [9.17, 15) is 19.3 Å². The third kappa shape index (κ3) is 4.04. The number of halogens is 1. The van der Waals surface area contributed by atoms with Crippen molar-refractivity contribution in [1.82, 2.24) is 0 Å².